The van der Waals surface area contributed by atoms with E-state index >= 15 is 0 Å². The molecule has 0 spiro atoms. The Hall–Kier alpha value is -0.830. The molecule has 1 heterocycles. The van der Waals surface area contributed by atoms with Gasteiger partial charge in [-0.1, -0.05) is 15.9 Å². The molecule has 0 saturated carbocycles. The number of aryl methyl sites for hydroxylation is 2. The third-order valence-corrected chi connectivity index (χ3v) is 2.86. The van der Waals surface area contributed by atoms with E-state index in [-0.39, 0.29) is 0 Å². The predicted molar refractivity (Wildman–Crippen MR) is 53.2 cm³/mol. The molecule has 2 nitrogen and oxygen atoms in total. The Labute approximate surface area is 79.3 Å². The van der Waals surface area contributed by atoms with E-state index in [4.69, 9.17) is 0 Å². The first-order valence-corrected chi connectivity index (χ1v) is 4.55. The van der Waals surface area contributed by atoms with E-state index in [0.717, 1.165) is 9.99 Å². The molecule has 0 radical (unpaired) electrons. The minimum atomic E-state index is 1.04. The summed E-state index contributed by atoms with van der Waals surface area (Å²) >= 11 is 3.48. The zero-order chi connectivity index (χ0) is 8.72. The highest BCUT2D eigenvalue weighted by molar-refractivity contribution is 9.10. The van der Waals surface area contributed by atoms with Gasteiger partial charge in [0, 0.05) is 11.5 Å². The van der Waals surface area contributed by atoms with Gasteiger partial charge in [0.2, 0.25) is 0 Å². The lowest BCUT2D eigenvalue weighted by Gasteiger charge is -1.98. The Morgan fingerprint density at radius 2 is 2.17 bits per heavy atom. The van der Waals surface area contributed by atoms with Crippen molar-refractivity contribution >= 4 is 27.0 Å². The first-order chi connectivity index (χ1) is 5.68. The lowest BCUT2D eigenvalue weighted by Crippen LogP contribution is -1.84. The zero-order valence-electron chi connectivity index (χ0n) is 7.00. The molecule has 12 heavy (non-hydrogen) atoms. The van der Waals surface area contributed by atoms with Crippen molar-refractivity contribution in [3.63, 3.8) is 0 Å². The quantitative estimate of drug-likeness (QED) is 0.673. The summed E-state index contributed by atoms with van der Waals surface area (Å²) in [6, 6.07) is 4.18. The summed E-state index contributed by atoms with van der Waals surface area (Å²) in [4.78, 5) is 4.25. The normalized spacial score (nSPS) is 10.9. The minimum absolute atomic E-state index is 1.04. The Morgan fingerprint density at radius 1 is 1.42 bits per heavy atom. The first-order valence-electron chi connectivity index (χ1n) is 3.75. The molecule has 0 unspecified atom stereocenters. The van der Waals surface area contributed by atoms with E-state index in [1.165, 1.54) is 11.1 Å². The van der Waals surface area contributed by atoms with Gasteiger partial charge in [-0.2, -0.15) is 0 Å². The van der Waals surface area contributed by atoms with Crippen molar-refractivity contribution in [2.45, 2.75) is 6.92 Å². The highest BCUT2D eigenvalue weighted by Crippen LogP contribution is 2.22. The third-order valence-electron chi connectivity index (χ3n) is 2.01. The van der Waals surface area contributed by atoms with Crippen LogP contribution in [0.2, 0.25) is 0 Å². The molecule has 1 aromatic heterocycles. The Morgan fingerprint density at radius 3 is 2.92 bits per heavy atom. The number of rotatable bonds is 0. The van der Waals surface area contributed by atoms with Crippen LogP contribution in [0.4, 0.5) is 0 Å². The second-order valence-corrected chi connectivity index (χ2v) is 3.80. The molecule has 0 bridgehead atoms. The first kappa shape index (κ1) is 7.80. The monoisotopic (exact) mass is 224 g/mol. The average molecular weight is 225 g/mol. The fraction of sp³-hybridized carbons (Fsp3) is 0.222. The number of imidazole rings is 1. The molecule has 0 N–H and O–H groups in total. The number of hydrogen-bond donors (Lipinski definition) is 0. The fourth-order valence-electron chi connectivity index (χ4n) is 1.25. The van der Waals surface area contributed by atoms with E-state index < -0.39 is 0 Å². The molecule has 0 aliphatic heterocycles. The molecule has 62 valence electrons. The second kappa shape index (κ2) is 2.59. The molecule has 0 amide bonds. The van der Waals surface area contributed by atoms with Gasteiger partial charge >= 0.3 is 0 Å². The molecule has 0 saturated heterocycles. The standard InChI is InChI=1S/C9H9BrN2/c1-6-3-9-8(4-7(6)10)11-5-12(9)2/h3-5H,1-2H3. The van der Waals surface area contributed by atoms with Crippen molar-refractivity contribution in [2.24, 2.45) is 7.05 Å². The average Bonchev–Trinajstić information content (AvgIpc) is 2.35. The van der Waals surface area contributed by atoms with Crippen LogP contribution in [-0.4, -0.2) is 9.55 Å². The summed E-state index contributed by atoms with van der Waals surface area (Å²) in [6.45, 7) is 2.08. The second-order valence-electron chi connectivity index (χ2n) is 2.95. The van der Waals surface area contributed by atoms with Gasteiger partial charge in [-0.05, 0) is 24.6 Å². The van der Waals surface area contributed by atoms with Gasteiger partial charge < -0.3 is 4.57 Å². The summed E-state index contributed by atoms with van der Waals surface area (Å²) in [6.07, 6.45) is 1.83. The zero-order valence-corrected chi connectivity index (χ0v) is 8.59. The molecule has 0 atom stereocenters. The highest BCUT2D eigenvalue weighted by atomic mass is 79.9. The predicted octanol–water partition coefficient (Wildman–Crippen LogP) is 2.64. The number of aromatic nitrogens is 2. The van der Waals surface area contributed by atoms with Crippen LogP contribution < -0.4 is 0 Å². The number of fused-ring (bicyclic) bond motifs is 1. The van der Waals surface area contributed by atoms with Crippen LogP contribution in [-0.2, 0) is 7.05 Å². The maximum absolute atomic E-state index is 4.25. The van der Waals surface area contributed by atoms with Crippen LogP contribution >= 0.6 is 15.9 Å². The molecule has 2 aromatic rings. The number of nitrogens with zero attached hydrogens (tertiary/aromatic N) is 2. The smallest absolute Gasteiger partial charge is 0.0955 e. The number of hydrogen-bond acceptors (Lipinski definition) is 1. The van der Waals surface area contributed by atoms with Gasteiger partial charge in [0.05, 0.1) is 17.4 Å². The summed E-state index contributed by atoms with van der Waals surface area (Å²) in [5.74, 6) is 0. The van der Waals surface area contributed by atoms with E-state index in [1.807, 2.05) is 24.0 Å². The van der Waals surface area contributed by atoms with Crippen molar-refractivity contribution in [3.8, 4) is 0 Å². The Balaban J connectivity index is 2.87. The van der Waals surface area contributed by atoms with Gasteiger partial charge in [-0.25, -0.2) is 4.98 Å². The van der Waals surface area contributed by atoms with Crippen LogP contribution in [0.25, 0.3) is 11.0 Å². The van der Waals surface area contributed by atoms with E-state index in [9.17, 15) is 0 Å². The Bertz CT molecular complexity index is 431. The van der Waals surface area contributed by atoms with Gasteiger partial charge in [-0.3, -0.25) is 0 Å². The number of benzene rings is 1. The Kier molecular flexibility index (Phi) is 1.68. The molecule has 0 fully saturated rings. The fourth-order valence-corrected chi connectivity index (χ4v) is 1.58. The maximum Gasteiger partial charge on any atom is 0.0955 e. The van der Waals surface area contributed by atoms with Crippen LogP contribution in [0.15, 0.2) is 22.9 Å². The van der Waals surface area contributed by atoms with Gasteiger partial charge in [0.25, 0.3) is 0 Å². The lowest BCUT2D eigenvalue weighted by molar-refractivity contribution is 0.947. The molecule has 0 aliphatic carbocycles. The lowest BCUT2D eigenvalue weighted by atomic mass is 10.2. The highest BCUT2D eigenvalue weighted by Gasteiger charge is 2.02. The van der Waals surface area contributed by atoms with Crippen LogP contribution in [0.1, 0.15) is 5.56 Å². The SMILES string of the molecule is Cc1cc2c(cc1Br)ncn2C. The van der Waals surface area contributed by atoms with Crippen molar-refractivity contribution < 1.29 is 0 Å². The molecule has 3 heteroatoms. The largest absolute Gasteiger partial charge is 0.334 e. The van der Waals surface area contributed by atoms with Gasteiger partial charge in [0.1, 0.15) is 0 Å². The molecule has 1 aromatic carbocycles. The van der Waals surface area contributed by atoms with Crippen LogP contribution in [0.5, 0.6) is 0 Å². The van der Waals surface area contributed by atoms with Crippen LogP contribution in [0, 0.1) is 6.92 Å². The van der Waals surface area contributed by atoms with Crippen molar-refractivity contribution in [1.82, 2.24) is 9.55 Å². The van der Waals surface area contributed by atoms with E-state index in [0.29, 0.717) is 0 Å². The van der Waals surface area contributed by atoms with Crippen molar-refractivity contribution in [3.05, 3.63) is 28.5 Å². The summed E-state index contributed by atoms with van der Waals surface area (Å²) in [5.41, 5.74) is 3.46. The maximum atomic E-state index is 4.25. The summed E-state index contributed by atoms with van der Waals surface area (Å²) in [5, 5.41) is 0. The molecule has 0 aliphatic rings. The molecule has 2 rings (SSSR count). The van der Waals surface area contributed by atoms with Crippen molar-refractivity contribution in [2.75, 3.05) is 0 Å². The summed E-state index contributed by atoms with van der Waals surface area (Å²) < 4.78 is 3.14. The topological polar surface area (TPSA) is 17.8 Å². The third kappa shape index (κ3) is 1.05. The molecular weight excluding hydrogens is 216 g/mol. The number of halogens is 1. The van der Waals surface area contributed by atoms with Gasteiger partial charge in [-0.15, -0.1) is 0 Å². The summed E-state index contributed by atoms with van der Waals surface area (Å²) in [7, 11) is 2.00. The van der Waals surface area contributed by atoms with E-state index in [1.54, 1.807) is 0 Å². The van der Waals surface area contributed by atoms with Crippen molar-refractivity contribution in [1.29, 1.82) is 0 Å². The van der Waals surface area contributed by atoms with Gasteiger partial charge in [0.15, 0.2) is 0 Å². The minimum Gasteiger partial charge on any atom is -0.334 e. The van der Waals surface area contributed by atoms with E-state index in [2.05, 4.69) is 33.9 Å². The molecular formula is C9H9BrN2. The van der Waals surface area contributed by atoms with Crippen LogP contribution in [0.3, 0.4) is 0 Å².